The summed E-state index contributed by atoms with van der Waals surface area (Å²) in [6, 6.07) is -0.0146. The van der Waals surface area contributed by atoms with Crippen LogP contribution in [0.4, 0.5) is 0 Å². The normalized spacial score (nSPS) is 35.7. The molecule has 0 bridgehead atoms. The van der Waals surface area contributed by atoms with Gasteiger partial charge < -0.3 is 14.1 Å². The lowest BCUT2D eigenvalue weighted by Crippen LogP contribution is -2.66. The number of rotatable bonds is 3. The monoisotopic (exact) mass is 419 g/mol. The number of carbonyl (C=O) groups excluding carboxylic acids is 3. The number of ether oxygens (including phenoxy) is 1. The molecule has 4 aliphatic rings. The summed E-state index contributed by atoms with van der Waals surface area (Å²) >= 11 is 0. The number of β-lactam (4-membered cyclic amide) rings is 1. The third-order valence-corrected chi connectivity index (χ3v) is 12.5. The summed E-state index contributed by atoms with van der Waals surface area (Å²) in [5.74, 6) is -1.54. The molecule has 0 saturated carbocycles. The number of hydrogen-bond acceptors (Lipinski definition) is 5. The molecule has 3 saturated heterocycles. The van der Waals surface area contributed by atoms with Crippen LogP contribution in [-0.2, 0) is 23.5 Å². The van der Waals surface area contributed by atoms with E-state index in [9.17, 15) is 14.4 Å². The topological polar surface area (TPSA) is 72.9 Å². The molecule has 3 fully saturated rings. The maximum Gasteiger partial charge on any atom is 0.318 e. The van der Waals surface area contributed by atoms with Gasteiger partial charge in [-0.3, -0.25) is 14.4 Å². The highest BCUT2D eigenvalue weighted by molar-refractivity contribution is 6.74. The third-order valence-electron chi connectivity index (χ3n) is 7.97. The van der Waals surface area contributed by atoms with Crippen molar-refractivity contribution in [2.45, 2.75) is 77.2 Å². The molecule has 29 heavy (non-hydrogen) atoms. The highest BCUT2D eigenvalue weighted by Gasteiger charge is 2.59. The van der Waals surface area contributed by atoms with Crippen LogP contribution in [0.5, 0.6) is 0 Å². The fourth-order valence-electron chi connectivity index (χ4n) is 5.42. The Balaban J connectivity index is 1.61. The van der Waals surface area contributed by atoms with Crippen LogP contribution in [-0.4, -0.2) is 49.8 Å². The minimum atomic E-state index is -2.01. The SMILES string of the molecule is C[C@@H](O[Si](C)(C)C(C)(C)C)[C@H]1C(=O)N2CCC[C@@H]3C(=CC[C@@H]4C(=O)OC(=O)[C@@H]43)[C@H]12. The molecule has 160 valence electrons. The van der Waals surface area contributed by atoms with Crippen LogP contribution in [0.2, 0.25) is 18.1 Å². The van der Waals surface area contributed by atoms with Crippen molar-refractivity contribution in [2.75, 3.05) is 6.54 Å². The lowest BCUT2D eigenvalue weighted by molar-refractivity contribution is -0.160. The van der Waals surface area contributed by atoms with Crippen molar-refractivity contribution in [3.05, 3.63) is 11.6 Å². The van der Waals surface area contributed by atoms with Gasteiger partial charge in [0, 0.05) is 6.54 Å². The molecule has 1 amide bonds. The standard InChI is InChI=1S/C22H33NO5Si/c1-12(28-29(5,6)22(2,3)4)16-18-14-9-10-15-17(21(26)27-20(15)25)13(14)8-7-11-23(18)19(16)24/h9,12-13,15-18H,7-8,10-11H2,1-6H3/t12-,13-,15+,16-,17-,18-/m1/s1. The van der Waals surface area contributed by atoms with Crippen molar-refractivity contribution in [3.8, 4) is 0 Å². The Bertz CT molecular complexity index is 783. The Morgan fingerprint density at radius 1 is 1.17 bits per heavy atom. The molecule has 0 spiro atoms. The first-order valence-electron chi connectivity index (χ1n) is 10.9. The molecule has 3 aliphatic heterocycles. The van der Waals surface area contributed by atoms with E-state index in [4.69, 9.17) is 9.16 Å². The van der Waals surface area contributed by atoms with Gasteiger partial charge in [-0.15, -0.1) is 0 Å². The summed E-state index contributed by atoms with van der Waals surface area (Å²) in [6.45, 7) is 13.8. The lowest BCUT2D eigenvalue weighted by atomic mass is 9.66. The van der Waals surface area contributed by atoms with Crippen LogP contribution in [0.25, 0.3) is 0 Å². The predicted octanol–water partition coefficient (Wildman–Crippen LogP) is 3.28. The van der Waals surface area contributed by atoms with Gasteiger partial charge in [-0.1, -0.05) is 26.8 Å². The first-order valence-corrected chi connectivity index (χ1v) is 13.8. The molecule has 6 atom stereocenters. The van der Waals surface area contributed by atoms with Gasteiger partial charge >= 0.3 is 11.9 Å². The predicted molar refractivity (Wildman–Crippen MR) is 110 cm³/mol. The van der Waals surface area contributed by atoms with Crippen LogP contribution in [0.1, 0.15) is 47.0 Å². The average Bonchev–Trinajstić information content (AvgIpc) is 2.79. The number of esters is 2. The quantitative estimate of drug-likeness (QED) is 0.231. The van der Waals surface area contributed by atoms with Crippen molar-refractivity contribution in [2.24, 2.45) is 23.7 Å². The first-order chi connectivity index (χ1) is 13.4. The summed E-state index contributed by atoms with van der Waals surface area (Å²) in [5.41, 5.74) is 1.16. The smallest absolute Gasteiger partial charge is 0.318 e. The largest absolute Gasteiger partial charge is 0.413 e. The third kappa shape index (κ3) is 3.12. The molecule has 6 nitrogen and oxygen atoms in total. The van der Waals surface area contributed by atoms with Crippen LogP contribution in [0.15, 0.2) is 11.6 Å². The Kier molecular flexibility index (Phi) is 4.85. The Morgan fingerprint density at radius 3 is 2.52 bits per heavy atom. The number of allylic oxidation sites excluding steroid dienone is 1. The van der Waals surface area contributed by atoms with E-state index >= 15 is 0 Å². The van der Waals surface area contributed by atoms with Crippen molar-refractivity contribution >= 4 is 26.2 Å². The molecule has 3 heterocycles. The van der Waals surface area contributed by atoms with Crippen molar-refractivity contribution < 1.29 is 23.5 Å². The Morgan fingerprint density at radius 2 is 1.86 bits per heavy atom. The van der Waals surface area contributed by atoms with Gasteiger partial charge in [0.05, 0.1) is 29.9 Å². The number of nitrogens with zero attached hydrogens (tertiary/aromatic N) is 1. The molecule has 7 heteroatoms. The number of carbonyl (C=O) groups is 3. The molecular formula is C22H33NO5Si. The van der Waals surface area contributed by atoms with Gasteiger partial charge in [-0.2, -0.15) is 0 Å². The van der Waals surface area contributed by atoms with E-state index in [0.717, 1.165) is 18.4 Å². The fraction of sp³-hybridized carbons (Fsp3) is 0.773. The molecule has 4 rings (SSSR count). The van der Waals surface area contributed by atoms with Crippen molar-refractivity contribution in [1.82, 2.24) is 4.90 Å². The summed E-state index contributed by atoms with van der Waals surface area (Å²) in [5, 5.41) is 0.0744. The minimum absolute atomic E-state index is 0.00151. The maximum atomic E-state index is 13.0. The molecule has 1 aliphatic carbocycles. The summed E-state index contributed by atoms with van der Waals surface area (Å²) in [7, 11) is -2.01. The number of amides is 1. The molecular weight excluding hydrogens is 386 g/mol. The van der Waals surface area contributed by atoms with Crippen LogP contribution in [0.3, 0.4) is 0 Å². The van der Waals surface area contributed by atoms with Gasteiger partial charge in [0.1, 0.15) is 0 Å². The second-order valence-corrected chi connectivity index (χ2v) is 15.4. The Labute approximate surface area is 174 Å². The molecule has 0 N–H and O–H groups in total. The van der Waals surface area contributed by atoms with Crippen LogP contribution >= 0.6 is 0 Å². The fourth-order valence-corrected chi connectivity index (χ4v) is 6.84. The minimum Gasteiger partial charge on any atom is -0.413 e. The van der Waals surface area contributed by atoms with E-state index in [1.54, 1.807) is 0 Å². The van der Waals surface area contributed by atoms with Gasteiger partial charge in [0.15, 0.2) is 8.32 Å². The number of hydrogen-bond donors (Lipinski definition) is 0. The van der Waals surface area contributed by atoms with Crippen molar-refractivity contribution in [3.63, 3.8) is 0 Å². The molecule has 0 aromatic carbocycles. The van der Waals surface area contributed by atoms with E-state index in [1.165, 1.54) is 0 Å². The summed E-state index contributed by atoms with van der Waals surface area (Å²) in [4.78, 5) is 39.5. The van der Waals surface area contributed by atoms with E-state index in [0.29, 0.717) is 13.0 Å². The summed E-state index contributed by atoms with van der Waals surface area (Å²) < 4.78 is 11.6. The van der Waals surface area contributed by atoms with E-state index < -0.39 is 8.32 Å². The van der Waals surface area contributed by atoms with Crippen molar-refractivity contribution in [1.29, 1.82) is 0 Å². The van der Waals surface area contributed by atoms with E-state index in [1.807, 2.05) is 11.8 Å². The van der Waals surface area contributed by atoms with Crippen LogP contribution in [0, 0.1) is 23.7 Å². The lowest BCUT2D eigenvalue weighted by Gasteiger charge is -2.53. The average molecular weight is 420 g/mol. The zero-order valence-electron chi connectivity index (χ0n) is 18.4. The highest BCUT2D eigenvalue weighted by atomic mass is 28.4. The van der Waals surface area contributed by atoms with Crippen LogP contribution < -0.4 is 0 Å². The van der Waals surface area contributed by atoms with Gasteiger partial charge in [-0.25, -0.2) is 0 Å². The number of fused-ring (bicyclic) bond motifs is 5. The number of cyclic esters (lactones) is 2. The summed E-state index contributed by atoms with van der Waals surface area (Å²) in [6.07, 6.45) is 4.15. The first kappa shape index (κ1) is 20.8. The second-order valence-electron chi connectivity index (χ2n) is 10.6. The zero-order chi connectivity index (χ0) is 21.3. The zero-order valence-corrected chi connectivity index (χ0v) is 19.4. The second kappa shape index (κ2) is 6.77. The molecule has 0 aromatic heterocycles. The van der Waals surface area contributed by atoms with E-state index in [2.05, 4.69) is 39.9 Å². The van der Waals surface area contributed by atoms with Gasteiger partial charge in [0.2, 0.25) is 5.91 Å². The van der Waals surface area contributed by atoms with Gasteiger partial charge in [-0.05, 0) is 55.8 Å². The Hall–Kier alpha value is -1.47. The maximum absolute atomic E-state index is 13.0. The van der Waals surface area contributed by atoms with Gasteiger partial charge in [0.25, 0.3) is 0 Å². The van der Waals surface area contributed by atoms with E-state index in [-0.39, 0.29) is 58.7 Å². The molecule has 0 unspecified atom stereocenters. The highest BCUT2D eigenvalue weighted by Crippen LogP contribution is 2.51. The molecule has 0 radical (unpaired) electrons. The molecule has 0 aromatic rings.